The van der Waals surface area contributed by atoms with E-state index in [2.05, 4.69) is 20.3 Å². The molecule has 3 amide bonds. The molecule has 2 N–H and O–H groups in total. The van der Waals surface area contributed by atoms with Crippen molar-refractivity contribution < 1.29 is 46.8 Å². The maximum absolute atomic E-state index is 13.0. The van der Waals surface area contributed by atoms with Crippen molar-refractivity contribution in [3.05, 3.63) is 51.0 Å². The van der Waals surface area contributed by atoms with Crippen LogP contribution in [0.4, 0.5) is 24.0 Å². The molecule has 0 aliphatic carbocycles. The number of nitrogens with zero attached hydrogens (tertiary/aromatic N) is 4. The number of oxime groups is 1. The summed E-state index contributed by atoms with van der Waals surface area (Å²) in [5.74, 6) is -4.40. The van der Waals surface area contributed by atoms with Gasteiger partial charge in [0.25, 0.3) is 11.6 Å². The van der Waals surface area contributed by atoms with E-state index in [-0.39, 0.29) is 36.2 Å². The van der Waals surface area contributed by atoms with Crippen LogP contribution >= 0.6 is 34.7 Å². The largest absolute Gasteiger partial charge is 0.471 e. The highest BCUT2D eigenvalue weighted by Gasteiger charge is 2.57. The number of nitro benzene ring substituents is 1. The van der Waals surface area contributed by atoms with Crippen molar-refractivity contribution in [1.82, 2.24) is 15.2 Å². The van der Waals surface area contributed by atoms with Crippen LogP contribution in [-0.4, -0.2) is 87.1 Å². The van der Waals surface area contributed by atoms with Crippen molar-refractivity contribution in [2.75, 3.05) is 30.6 Å². The molecule has 3 atom stereocenters. The number of ether oxygens (including phenoxy) is 1. The zero-order valence-electron chi connectivity index (χ0n) is 21.8. The minimum absolute atomic E-state index is 0.0914. The van der Waals surface area contributed by atoms with Crippen LogP contribution in [0, 0.1) is 15.5 Å². The summed E-state index contributed by atoms with van der Waals surface area (Å²) in [4.78, 5) is 70.2. The maximum atomic E-state index is 13.0. The SMILES string of the molecule is CON=C(C(=O)NC1C(=O)N2CC(CCl)(C(=O)OCc3ccc([N+](=O)[O-])cc3)CS[C@H]12)c1csc(NC(=O)C(F)(F)F)n1. The number of benzene rings is 1. The van der Waals surface area contributed by atoms with Crippen LogP contribution in [-0.2, 0) is 35.4 Å². The van der Waals surface area contributed by atoms with E-state index < -0.39 is 62.5 Å². The molecule has 1 aromatic heterocycles. The van der Waals surface area contributed by atoms with Crippen molar-refractivity contribution in [2.24, 2.45) is 10.6 Å². The molecule has 2 fully saturated rings. The molecule has 2 saturated heterocycles. The van der Waals surface area contributed by atoms with Crippen LogP contribution < -0.4 is 10.6 Å². The first-order valence-electron chi connectivity index (χ1n) is 11.9. The van der Waals surface area contributed by atoms with Gasteiger partial charge >= 0.3 is 18.1 Å². The minimum Gasteiger partial charge on any atom is -0.460 e. The van der Waals surface area contributed by atoms with E-state index in [9.17, 15) is 42.5 Å². The molecule has 2 aliphatic heterocycles. The van der Waals surface area contributed by atoms with Crippen LogP contribution in [0.25, 0.3) is 0 Å². The number of halogens is 4. The first-order valence-corrected chi connectivity index (χ1v) is 14.4. The lowest BCUT2D eigenvalue weighted by atomic mass is 9.89. The molecule has 43 heavy (non-hydrogen) atoms. The van der Waals surface area contributed by atoms with E-state index >= 15 is 0 Å². The summed E-state index contributed by atoms with van der Waals surface area (Å²) in [6, 6.07) is 4.41. The number of alkyl halides is 4. The number of nitro groups is 1. The highest BCUT2D eigenvalue weighted by molar-refractivity contribution is 8.00. The number of hydrogen-bond donors (Lipinski definition) is 2. The molecule has 2 unspecified atom stereocenters. The number of carbonyl (C=O) groups excluding carboxylic acids is 4. The van der Waals surface area contributed by atoms with Crippen LogP contribution in [0.5, 0.6) is 0 Å². The van der Waals surface area contributed by atoms with Gasteiger partial charge in [0.05, 0.1) is 4.92 Å². The smallest absolute Gasteiger partial charge is 0.460 e. The van der Waals surface area contributed by atoms with E-state index in [4.69, 9.17) is 16.3 Å². The predicted octanol–water partition coefficient (Wildman–Crippen LogP) is 2.27. The van der Waals surface area contributed by atoms with Crippen molar-refractivity contribution in [2.45, 2.75) is 24.2 Å². The summed E-state index contributed by atoms with van der Waals surface area (Å²) in [5, 5.41) is 18.6. The molecule has 0 saturated carbocycles. The summed E-state index contributed by atoms with van der Waals surface area (Å²) < 4.78 is 43.0. The van der Waals surface area contributed by atoms with Crippen molar-refractivity contribution in [1.29, 1.82) is 0 Å². The van der Waals surface area contributed by atoms with Crippen LogP contribution in [0.3, 0.4) is 0 Å². The molecule has 0 spiro atoms. The molecule has 14 nitrogen and oxygen atoms in total. The number of nitrogens with one attached hydrogen (secondary N) is 2. The lowest BCUT2D eigenvalue weighted by Gasteiger charge is -2.53. The van der Waals surface area contributed by atoms with Gasteiger partial charge in [-0.2, -0.15) is 13.2 Å². The Morgan fingerprint density at radius 3 is 2.60 bits per heavy atom. The Morgan fingerprint density at radius 2 is 2.00 bits per heavy atom. The van der Waals surface area contributed by atoms with Gasteiger partial charge in [-0.25, -0.2) is 4.98 Å². The van der Waals surface area contributed by atoms with Crippen molar-refractivity contribution >= 4 is 74.9 Å². The number of β-lactam (4-membered cyclic amide) rings is 1. The molecule has 230 valence electrons. The fraction of sp³-hybridized carbons (Fsp3) is 0.391. The Labute approximate surface area is 253 Å². The second-order valence-electron chi connectivity index (χ2n) is 9.14. The number of anilines is 1. The Kier molecular flexibility index (Phi) is 9.45. The van der Waals surface area contributed by atoms with Gasteiger partial charge < -0.3 is 19.8 Å². The summed E-state index contributed by atoms with van der Waals surface area (Å²) in [5.41, 5.74) is -1.53. The maximum Gasteiger partial charge on any atom is 0.471 e. The van der Waals surface area contributed by atoms with Gasteiger partial charge in [0.1, 0.15) is 36.2 Å². The van der Waals surface area contributed by atoms with Crippen LogP contribution in [0.1, 0.15) is 11.3 Å². The first-order chi connectivity index (χ1) is 20.3. The predicted molar refractivity (Wildman–Crippen MR) is 146 cm³/mol. The highest BCUT2D eigenvalue weighted by atomic mass is 35.5. The quantitative estimate of drug-likeness (QED) is 0.0954. The number of thioether (sulfide) groups is 1. The lowest BCUT2D eigenvalue weighted by molar-refractivity contribution is -0.384. The number of non-ortho nitro benzene ring substituents is 1. The van der Waals surface area contributed by atoms with Gasteiger partial charge in [-0.3, -0.25) is 34.6 Å². The number of fused-ring (bicyclic) bond motifs is 1. The summed E-state index contributed by atoms with van der Waals surface area (Å²) in [6.45, 7) is -0.262. The standard InChI is InChI=1S/C23H20ClF3N6O8S2/c1-40-31-14(13-7-42-21(28-13)30-19(36)23(25,26)27)16(34)29-15-17(35)32-9-22(8-24,10-43-18(15)32)20(37)41-6-11-2-4-12(5-3-11)33(38)39/h2-5,7,15,18H,6,8-10H2,1H3,(H,29,34)(H,28,30,36)/t15?,18-,22?/m1/s1. The lowest BCUT2D eigenvalue weighted by Crippen LogP contribution is -2.74. The molecular weight excluding hydrogens is 645 g/mol. The second-order valence-corrected chi connectivity index (χ2v) is 11.4. The fourth-order valence-corrected chi connectivity index (χ4v) is 6.64. The molecule has 0 bridgehead atoms. The van der Waals surface area contributed by atoms with Gasteiger partial charge in [0.15, 0.2) is 10.8 Å². The van der Waals surface area contributed by atoms with Gasteiger partial charge in [0, 0.05) is 35.7 Å². The Morgan fingerprint density at radius 1 is 1.30 bits per heavy atom. The normalized spacial score (nSPS) is 21.7. The second kappa shape index (κ2) is 12.7. The van der Waals surface area contributed by atoms with Crippen LogP contribution in [0.2, 0.25) is 0 Å². The summed E-state index contributed by atoms with van der Waals surface area (Å²) in [6.07, 6.45) is -5.15. The molecular formula is C23H20ClF3N6O8S2. The molecule has 1 aromatic carbocycles. The molecule has 0 radical (unpaired) electrons. The third-order valence-corrected chi connectivity index (χ3v) is 9.12. The van der Waals surface area contributed by atoms with Gasteiger partial charge in [-0.05, 0) is 17.7 Å². The number of aromatic nitrogens is 1. The van der Waals surface area contributed by atoms with Gasteiger partial charge in [-0.15, -0.1) is 34.7 Å². The monoisotopic (exact) mass is 664 g/mol. The third kappa shape index (κ3) is 6.83. The average Bonchev–Trinajstić information content (AvgIpc) is 3.44. The fourth-order valence-electron chi connectivity index (χ4n) is 4.02. The van der Waals surface area contributed by atoms with Crippen molar-refractivity contribution in [3.8, 4) is 0 Å². The van der Waals surface area contributed by atoms with E-state index in [1.54, 1.807) is 5.32 Å². The number of carbonyl (C=O) groups is 4. The average molecular weight is 665 g/mol. The van der Waals surface area contributed by atoms with E-state index in [0.29, 0.717) is 16.9 Å². The van der Waals surface area contributed by atoms with Gasteiger partial charge in [-0.1, -0.05) is 5.16 Å². The molecule has 20 heteroatoms. The summed E-state index contributed by atoms with van der Waals surface area (Å²) in [7, 11) is 1.12. The Hall–Kier alpha value is -3.97. The number of rotatable bonds is 10. The molecule has 4 rings (SSSR count). The molecule has 3 heterocycles. The van der Waals surface area contributed by atoms with Crippen molar-refractivity contribution in [3.63, 3.8) is 0 Å². The first kappa shape index (κ1) is 32.0. The van der Waals surface area contributed by atoms with Gasteiger partial charge in [0.2, 0.25) is 5.91 Å². The zero-order chi connectivity index (χ0) is 31.5. The number of esters is 1. The number of thiazole rings is 1. The Balaban J connectivity index is 1.37. The van der Waals surface area contributed by atoms with E-state index in [1.165, 1.54) is 46.3 Å². The van der Waals surface area contributed by atoms with Crippen LogP contribution in [0.15, 0.2) is 34.8 Å². The molecule has 2 aromatic rings. The number of hydrogen-bond acceptors (Lipinski definition) is 12. The van der Waals surface area contributed by atoms with E-state index in [1.807, 2.05) is 0 Å². The topological polar surface area (TPSA) is 182 Å². The summed E-state index contributed by atoms with van der Waals surface area (Å²) >= 11 is 7.95. The third-order valence-electron chi connectivity index (χ3n) is 6.26. The molecule has 2 aliphatic rings. The minimum atomic E-state index is -5.15. The Bertz CT molecular complexity index is 1470. The zero-order valence-corrected chi connectivity index (χ0v) is 24.1. The highest BCUT2D eigenvalue weighted by Crippen LogP contribution is 2.43. The number of amides is 3. The van der Waals surface area contributed by atoms with E-state index in [0.717, 1.165) is 7.11 Å².